The molecule has 0 saturated carbocycles. The van der Waals surface area contributed by atoms with E-state index in [1.54, 1.807) is 12.1 Å². The molecule has 8 heteroatoms. The molecule has 0 fully saturated rings. The Morgan fingerprint density at radius 2 is 2.00 bits per heavy atom. The Bertz CT molecular complexity index is 1090. The number of halogens is 1. The Morgan fingerprint density at radius 3 is 2.63 bits per heavy atom. The third kappa shape index (κ3) is 3.73. The molecule has 0 amide bonds. The van der Waals surface area contributed by atoms with Gasteiger partial charge >= 0.3 is 5.97 Å². The normalized spacial score (nSPS) is 11.0. The summed E-state index contributed by atoms with van der Waals surface area (Å²) in [7, 11) is 1.48. The summed E-state index contributed by atoms with van der Waals surface area (Å²) in [5.74, 6) is -0.0609. The van der Waals surface area contributed by atoms with E-state index in [1.165, 1.54) is 25.3 Å². The van der Waals surface area contributed by atoms with Crippen LogP contribution in [-0.4, -0.2) is 34.3 Å². The van der Waals surface area contributed by atoms with Gasteiger partial charge in [-0.25, -0.2) is 9.78 Å². The van der Waals surface area contributed by atoms with Gasteiger partial charge < -0.3 is 19.6 Å². The van der Waals surface area contributed by atoms with Crippen molar-refractivity contribution in [2.24, 2.45) is 0 Å². The van der Waals surface area contributed by atoms with Crippen molar-refractivity contribution in [3.05, 3.63) is 51.3 Å². The number of hydrogen-bond acceptors (Lipinski definition) is 5. The summed E-state index contributed by atoms with van der Waals surface area (Å²) in [6.07, 6.45) is -0.102. The van der Waals surface area contributed by atoms with E-state index in [0.29, 0.717) is 27.5 Å². The maximum absolute atomic E-state index is 12.4. The van der Waals surface area contributed by atoms with Gasteiger partial charge in [-0.05, 0) is 44.2 Å². The van der Waals surface area contributed by atoms with Gasteiger partial charge in [0.15, 0.2) is 11.5 Å². The van der Waals surface area contributed by atoms with Crippen LogP contribution in [0.1, 0.15) is 24.2 Å². The zero-order valence-corrected chi connectivity index (χ0v) is 15.6. The number of nitrogens with one attached hydrogen (secondary N) is 1. The summed E-state index contributed by atoms with van der Waals surface area (Å²) >= 11 is 6.33. The van der Waals surface area contributed by atoms with Crippen molar-refractivity contribution in [1.82, 2.24) is 9.97 Å². The van der Waals surface area contributed by atoms with E-state index in [4.69, 9.17) is 26.2 Å². The maximum atomic E-state index is 12.4. The molecule has 0 radical (unpaired) electrons. The van der Waals surface area contributed by atoms with Crippen LogP contribution in [0.2, 0.25) is 5.02 Å². The Balaban J connectivity index is 2.18. The van der Waals surface area contributed by atoms with Crippen LogP contribution in [0.5, 0.6) is 11.5 Å². The molecule has 2 N–H and O–H groups in total. The number of ether oxygens (including phenoxy) is 2. The smallest absolute Gasteiger partial charge is 0.335 e. The molecule has 0 aliphatic carbocycles. The minimum Gasteiger partial charge on any atom is -0.493 e. The van der Waals surface area contributed by atoms with Crippen LogP contribution in [0.15, 0.2) is 35.1 Å². The van der Waals surface area contributed by atoms with Crippen LogP contribution in [0, 0.1) is 0 Å². The van der Waals surface area contributed by atoms with Crippen molar-refractivity contribution in [2.45, 2.75) is 20.0 Å². The van der Waals surface area contributed by atoms with Crippen LogP contribution < -0.4 is 15.0 Å². The topological polar surface area (TPSA) is 102 Å². The number of rotatable bonds is 5. The fourth-order valence-corrected chi connectivity index (χ4v) is 2.87. The number of carbonyl (C=O) groups is 1. The summed E-state index contributed by atoms with van der Waals surface area (Å²) in [6, 6.07) is 7.40. The average Bonchev–Trinajstić information content (AvgIpc) is 2.62. The van der Waals surface area contributed by atoms with Gasteiger partial charge in [-0.2, -0.15) is 0 Å². The molecular weight excluding hydrogens is 372 g/mol. The molecule has 0 spiro atoms. The molecule has 0 unspecified atom stereocenters. The molecule has 0 aliphatic heterocycles. The molecule has 1 aromatic heterocycles. The van der Waals surface area contributed by atoms with Gasteiger partial charge in [0.1, 0.15) is 5.82 Å². The summed E-state index contributed by atoms with van der Waals surface area (Å²) in [4.78, 5) is 30.6. The highest BCUT2D eigenvalue weighted by Gasteiger charge is 2.16. The molecule has 0 aliphatic rings. The molecule has 0 saturated heterocycles. The lowest BCUT2D eigenvalue weighted by Gasteiger charge is -2.16. The van der Waals surface area contributed by atoms with Crippen molar-refractivity contribution in [1.29, 1.82) is 0 Å². The van der Waals surface area contributed by atoms with Gasteiger partial charge in [-0.3, -0.25) is 4.79 Å². The van der Waals surface area contributed by atoms with Crippen molar-refractivity contribution in [3.63, 3.8) is 0 Å². The van der Waals surface area contributed by atoms with Crippen LogP contribution in [0.4, 0.5) is 0 Å². The average molecular weight is 389 g/mol. The van der Waals surface area contributed by atoms with E-state index < -0.39 is 5.97 Å². The largest absolute Gasteiger partial charge is 0.493 e. The second kappa shape index (κ2) is 7.28. The number of benzene rings is 2. The van der Waals surface area contributed by atoms with Gasteiger partial charge in [0.25, 0.3) is 5.56 Å². The zero-order chi connectivity index (χ0) is 19.7. The lowest BCUT2D eigenvalue weighted by atomic mass is 10.1. The number of carboxylic acid groups (broad SMARTS) is 1. The van der Waals surface area contributed by atoms with Crippen molar-refractivity contribution in [3.8, 4) is 22.9 Å². The van der Waals surface area contributed by atoms with Gasteiger partial charge in [0.05, 0.1) is 34.7 Å². The minimum atomic E-state index is -1.10. The predicted molar refractivity (Wildman–Crippen MR) is 102 cm³/mol. The van der Waals surface area contributed by atoms with Crippen LogP contribution in [0.25, 0.3) is 22.3 Å². The van der Waals surface area contributed by atoms with E-state index in [2.05, 4.69) is 9.97 Å². The van der Waals surface area contributed by atoms with Gasteiger partial charge in [0.2, 0.25) is 0 Å². The first-order valence-electron chi connectivity index (χ1n) is 8.12. The molecule has 1 heterocycles. The summed E-state index contributed by atoms with van der Waals surface area (Å²) in [6.45, 7) is 3.73. The summed E-state index contributed by atoms with van der Waals surface area (Å²) in [5, 5.41) is 9.74. The molecule has 27 heavy (non-hydrogen) atoms. The molecule has 0 atom stereocenters. The van der Waals surface area contributed by atoms with Gasteiger partial charge in [-0.1, -0.05) is 11.6 Å². The first-order chi connectivity index (χ1) is 12.8. The first kappa shape index (κ1) is 18.7. The second-order valence-electron chi connectivity index (χ2n) is 6.11. The van der Waals surface area contributed by atoms with E-state index in [-0.39, 0.29) is 28.6 Å². The quantitative estimate of drug-likeness (QED) is 0.690. The Hall–Kier alpha value is -3.06. The third-order valence-electron chi connectivity index (χ3n) is 3.81. The molecule has 3 aromatic rings. The summed E-state index contributed by atoms with van der Waals surface area (Å²) in [5.41, 5.74) is 0.436. The fourth-order valence-electron chi connectivity index (χ4n) is 2.62. The van der Waals surface area contributed by atoms with Crippen molar-refractivity contribution < 1.29 is 19.4 Å². The van der Waals surface area contributed by atoms with Gasteiger partial charge in [0, 0.05) is 5.56 Å². The lowest BCUT2D eigenvalue weighted by molar-refractivity contribution is 0.0697. The highest BCUT2D eigenvalue weighted by molar-refractivity contribution is 6.32. The Kier molecular flexibility index (Phi) is 5.05. The van der Waals surface area contributed by atoms with E-state index in [0.717, 1.165) is 0 Å². The molecular formula is C19H17ClN2O5. The highest BCUT2D eigenvalue weighted by Crippen LogP contribution is 2.39. The maximum Gasteiger partial charge on any atom is 0.335 e. The van der Waals surface area contributed by atoms with E-state index >= 15 is 0 Å². The summed E-state index contributed by atoms with van der Waals surface area (Å²) < 4.78 is 11.0. The molecule has 3 rings (SSSR count). The Morgan fingerprint density at radius 1 is 1.26 bits per heavy atom. The van der Waals surface area contributed by atoms with Crippen molar-refractivity contribution in [2.75, 3.05) is 7.11 Å². The number of nitrogens with zero attached hydrogens (tertiary/aromatic N) is 1. The molecule has 7 nitrogen and oxygen atoms in total. The predicted octanol–water partition coefficient (Wildman–Crippen LogP) is 3.74. The van der Waals surface area contributed by atoms with Crippen LogP contribution >= 0.6 is 11.6 Å². The van der Waals surface area contributed by atoms with Crippen LogP contribution in [0.3, 0.4) is 0 Å². The van der Waals surface area contributed by atoms with E-state index in [9.17, 15) is 9.59 Å². The fraction of sp³-hybridized carbons (Fsp3) is 0.211. The van der Waals surface area contributed by atoms with E-state index in [1.807, 2.05) is 13.8 Å². The number of H-pyrrole nitrogens is 1. The number of aromatic amines is 1. The molecule has 140 valence electrons. The zero-order valence-electron chi connectivity index (χ0n) is 14.9. The number of fused-ring (bicyclic) bond motifs is 1. The Labute approximate surface area is 159 Å². The SMILES string of the molecule is COc1cc(-c2nc3cc(C(=O)O)ccc3c(=O)[nH]2)cc(Cl)c1OC(C)C. The standard InChI is InChI=1S/C19H17ClN2O5/c1-9(2)27-16-13(20)6-11(8-15(16)26-3)17-21-14-7-10(19(24)25)4-5-12(14)18(23)22-17/h4-9H,1-3H3,(H,24,25)(H,21,22,23). The number of aromatic nitrogens is 2. The van der Waals surface area contributed by atoms with Crippen LogP contribution in [-0.2, 0) is 0 Å². The number of aromatic carboxylic acids is 1. The minimum absolute atomic E-state index is 0.0443. The lowest BCUT2D eigenvalue weighted by Crippen LogP contribution is -2.11. The molecule has 0 bridgehead atoms. The van der Waals surface area contributed by atoms with Crippen molar-refractivity contribution >= 4 is 28.5 Å². The third-order valence-corrected chi connectivity index (χ3v) is 4.09. The molecule has 2 aromatic carbocycles. The number of methoxy groups -OCH3 is 1. The first-order valence-corrected chi connectivity index (χ1v) is 8.50. The number of hydrogen-bond donors (Lipinski definition) is 2. The monoisotopic (exact) mass is 388 g/mol. The number of carboxylic acids is 1. The highest BCUT2D eigenvalue weighted by atomic mass is 35.5. The van der Waals surface area contributed by atoms with Gasteiger partial charge in [-0.15, -0.1) is 0 Å². The second-order valence-corrected chi connectivity index (χ2v) is 6.51.